The molecule has 0 radical (unpaired) electrons. The van der Waals surface area contributed by atoms with Crippen LogP contribution in [0.5, 0.6) is 0 Å². The zero-order valence-electron chi connectivity index (χ0n) is 14.6. The molecule has 0 aliphatic carbocycles. The van der Waals surface area contributed by atoms with Crippen molar-refractivity contribution >= 4 is 5.91 Å². The summed E-state index contributed by atoms with van der Waals surface area (Å²) in [6.45, 7) is 6.27. The van der Waals surface area contributed by atoms with Gasteiger partial charge in [-0.2, -0.15) is 13.2 Å². The number of amides is 1. The molecule has 2 aliphatic rings. The number of benzene rings is 1. The number of likely N-dealkylation sites (tertiary alicyclic amines) is 1. The van der Waals surface area contributed by atoms with Crippen molar-refractivity contribution in [2.75, 3.05) is 6.54 Å². The number of alkyl halides is 3. The van der Waals surface area contributed by atoms with Crippen molar-refractivity contribution in [3.05, 3.63) is 34.4 Å². The first-order valence-corrected chi connectivity index (χ1v) is 8.54. The van der Waals surface area contributed by atoms with Crippen LogP contribution in [-0.4, -0.2) is 45.5 Å². The summed E-state index contributed by atoms with van der Waals surface area (Å²) in [5.74, 6) is -0.341. The molecule has 2 aliphatic heterocycles. The Morgan fingerprint density at radius 1 is 1.32 bits per heavy atom. The highest BCUT2D eigenvalue weighted by Crippen LogP contribution is 2.39. The van der Waals surface area contributed by atoms with Crippen LogP contribution in [0.25, 0.3) is 0 Å². The molecule has 0 saturated carbocycles. The number of aliphatic hydroxyl groups excluding tert-OH is 1. The van der Waals surface area contributed by atoms with Crippen molar-refractivity contribution in [1.29, 1.82) is 0 Å². The monoisotopic (exact) mass is 356 g/mol. The minimum atomic E-state index is -4.50. The molecule has 4 nitrogen and oxygen atoms in total. The summed E-state index contributed by atoms with van der Waals surface area (Å²) in [6, 6.07) is 2.69. The summed E-state index contributed by atoms with van der Waals surface area (Å²) in [7, 11) is 0. The van der Waals surface area contributed by atoms with Crippen LogP contribution >= 0.6 is 0 Å². The zero-order chi connectivity index (χ0) is 18.5. The molecule has 138 valence electrons. The van der Waals surface area contributed by atoms with Gasteiger partial charge in [-0.1, -0.05) is 0 Å². The van der Waals surface area contributed by atoms with E-state index in [0.717, 1.165) is 6.07 Å². The number of carbonyl (C=O) groups excluding carboxylic acids is 1. The molecule has 1 aromatic carbocycles. The summed E-state index contributed by atoms with van der Waals surface area (Å²) >= 11 is 0. The van der Waals surface area contributed by atoms with Gasteiger partial charge >= 0.3 is 6.18 Å². The van der Waals surface area contributed by atoms with Crippen LogP contribution in [-0.2, 0) is 19.3 Å². The van der Waals surface area contributed by atoms with Gasteiger partial charge in [0.05, 0.1) is 11.7 Å². The molecule has 0 bridgehead atoms. The Bertz CT molecular complexity index is 688. The van der Waals surface area contributed by atoms with Crippen LogP contribution in [0.3, 0.4) is 0 Å². The first-order valence-electron chi connectivity index (χ1n) is 8.54. The third kappa shape index (κ3) is 3.40. The number of hydrogen-bond donors (Lipinski definition) is 1. The minimum absolute atomic E-state index is 0.000211. The maximum absolute atomic E-state index is 13.5. The number of carbonyl (C=O) groups is 1. The molecule has 1 N–H and O–H groups in total. The van der Waals surface area contributed by atoms with Crippen molar-refractivity contribution in [1.82, 2.24) is 9.80 Å². The van der Waals surface area contributed by atoms with Gasteiger partial charge in [0.15, 0.2) is 0 Å². The fraction of sp³-hybridized carbons (Fsp3) is 0.611. The summed E-state index contributed by atoms with van der Waals surface area (Å²) in [4.78, 5) is 15.9. The molecule has 1 aromatic rings. The summed E-state index contributed by atoms with van der Waals surface area (Å²) in [6.07, 6.45) is -4.34. The van der Waals surface area contributed by atoms with E-state index in [9.17, 15) is 23.1 Å². The van der Waals surface area contributed by atoms with Gasteiger partial charge < -0.3 is 10.0 Å². The summed E-state index contributed by atoms with van der Waals surface area (Å²) in [5, 5.41) is 9.74. The van der Waals surface area contributed by atoms with Crippen LogP contribution in [0.4, 0.5) is 13.2 Å². The highest BCUT2D eigenvalue weighted by Gasteiger charge is 2.41. The van der Waals surface area contributed by atoms with Crippen molar-refractivity contribution in [3.8, 4) is 0 Å². The predicted molar refractivity (Wildman–Crippen MR) is 86.9 cm³/mol. The van der Waals surface area contributed by atoms with E-state index in [-0.39, 0.29) is 35.7 Å². The Kier molecular flexibility index (Phi) is 4.58. The molecule has 1 fully saturated rings. The van der Waals surface area contributed by atoms with E-state index in [1.165, 1.54) is 4.90 Å². The topological polar surface area (TPSA) is 43.8 Å². The normalized spacial score (nSPS) is 24.5. The van der Waals surface area contributed by atoms with Gasteiger partial charge in [-0.05, 0) is 50.5 Å². The standard InChI is InChI=1S/C18H23F3N2O2/c1-10(2)23-9-15-14(17(23)25)5-12(6-16(15)18(19,20)21)7-22-8-13(24)4-11(22)3/h5-6,10-11,13,24H,4,7-9H2,1-3H3. The average Bonchev–Trinajstić information content (AvgIpc) is 2.98. The predicted octanol–water partition coefficient (Wildman–Crippen LogP) is 3.02. The van der Waals surface area contributed by atoms with Gasteiger partial charge in [-0.15, -0.1) is 0 Å². The molecular formula is C18H23F3N2O2. The molecule has 2 unspecified atom stereocenters. The van der Waals surface area contributed by atoms with E-state index < -0.39 is 17.8 Å². The van der Waals surface area contributed by atoms with Crippen LogP contribution in [0.15, 0.2) is 12.1 Å². The number of halogens is 3. The molecule has 25 heavy (non-hydrogen) atoms. The third-order valence-electron chi connectivity index (χ3n) is 5.13. The summed E-state index contributed by atoms with van der Waals surface area (Å²) in [5.41, 5.74) is -0.0229. The first kappa shape index (κ1) is 18.2. The van der Waals surface area contributed by atoms with Crippen LogP contribution in [0, 0.1) is 0 Å². The molecule has 2 heterocycles. The van der Waals surface area contributed by atoms with Crippen molar-refractivity contribution < 1.29 is 23.1 Å². The lowest BCUT2D eigenvalue weighted by Crippen LogP contribution is -2.30. The third-order valence-corrected chi connectivity index (χ3v) is 5.13. The SMILES string of the molecule is CC1CC(O)CN1Cc1cc2c(c(C(F)(F)F)c1)CN(C(C)C)C2=O. The minimum Gasteiger partial charge on any atom is -0.392 e. The molecule has 0 spiro atoms. The van der Waals surface area contributed by atoms with Gasteiger partial charge in [0, 0.05) is 37.3 Å². The quantitative estimate of drug-likeness (QED) is 0.905. The van der Waals surface area contributed by atoms with E-state index in [1.807, 2.05) is 11.8 Å². The van der Waals surface area contributed by atoms with Crippen molar-refractivity contribution in [2.24, 2.45) is 0 Å². The van der Waals surface area contributed by atoms with E-state index in [1.54, 1.807) is 19.9 Å². The number of nitrogens with zero attached hydrogens (tertiary/aromatic N) is 2. The van der Waals surface area contributed by atoms with Crippen molar-refractivity contribution in [3.63, 3.8) is 0 Å². The molecule has 3 rings (SSSR count). The average molecular weight is 356 g/mol. The number of fused-ring (bicyclic) bond motifs is 1. The summed E-state index contributed by atoms with van der Waals surface area (Å²) < 4.78 is 40.6. The van der Waals surface area contributed by atoms with Gasteiger partial charge in [-0.3, -0.25) is 9.69 Å². The molecule has 1 amide bonds. The molecular weight excluding hydrogens is 333 g/mol. The Morgan fingerprint density at radius 3 is 2.52 bits per heavy atom. The van der Waals surface area contributed by atoms with Gasteiger partial charge in [0.2, 0.25) is 0 Å². The van der Waals surface area contributed by atoms with Crippen molar-refractivity contribution in [2.45, 2.75) is 64.6 Å². The van der Waals surface area contributed by atoms with E-state index in [4.69, 9.17) is 0 Å². The Morgan fingerprint density at radius 2 is 2.00 bits per heavy atom. The molecule has 1 saturated heterocycles. The maximum atomic E-state index is 13.5. The second-order valence-corrected chi connectivity index (χ2v) is 7.36. The Labute approximate surface area is 145 Å². The van der Waals surface area contributed by atoms with E-state index >= 15 is 0 Å². The zero-order valence-corrected chi connectivity index (χ0v) is 14.6. The second kappa shape index (κ2) is 6.29. The van der Waals surface area contributed by atoms with Crippen LogP contribution in [0.2, 0.25) is 0 Å². The maximum Gasteiger partial charge on any atom is 0.416 e. The molecule has 0 aromatic heterocycles. The lowest BCUT2D eigenvalue weighted by Gasteiger charge is -2.22. The van der Waals surface area contributed by atoms with Gasteiger partial charge in [-0.25, -0.2) is 0 Å². The van der Waals surface area contributed by atoms with Gasteiger partial charge in [0.25, 0.3) is 5.91 Å². The lowest BCUT2D eigenvalue weighted by molar-refractivity contribution is -0.138. The highest BCUT2D eigenvalue weighted by molar-refractivity contribution is 5.99. The first-order chi connectivity index (χ1) is 11.6. The number of β-amino-alcohol motifs (C(OH)–C–C–N with tert-alkyl or cyclic N) is 1. The van der Waals surface area contributed by atoms with Crippen LogP contribution < -0.4 is 0 Å². The number of aliphatic hydroxyl groups is 1. The smallest absolute Gasteiger partial charge is 0.392 e. The van der Waals surface area contributed by atoms with E-state index in [2.05, 4.69) is 0 Å². The fourth-order valence-electron chi connectivity index (χ4n) is 3.77. The Balaban J connectivity index is 1.99. The molecule has 7 heteroatoms. The number of hydrogen-bond acceptors (Lipinski definition) is 3. The fourth-order valence-corrected chi connectivity index (χ4v) is 3.77. The second-order valence-electron chi connectivity index (χ2n) is 7.36. The van der Waals surface area contributed by atoms with Gasteiger partial charge in [0.1, 0.15) is 0 Å². The largest absolute Gasteiger partial charge is 0.416 e. The Hall–Kier alpha value is -1.60. The highest BCUT2D eigenvalue weighted by atomic mass is 19.4. The molecule has 2 atom stereocenters. The lowest BCUT2D eigenvalue weighted by atomic mass is 9.98. The van der Waals surface area contributed by atoms with E-state index in [0.29, 0.717) is 25.1 Å². The number of rotatable bonds is 3. The van der Waals surface area contributed by atoms with Crippen LogP contribution in [0.1, 0.15) is 54.2 Å².